The third-order valence-electron chi connectivity index (χ3n) is 4.61. The Bertz CT molecular complexity index is 694. The number of hydrogen-bond acceptors (Lipinski definition) is 3. The first-order valence-electron chi connectivity index (χ1n) is 8.66. The highest BCUT2D eigenvalue weighted by atomic mass is 16.2. The second-order valence-corrected chi connectivity index (χ2v) is 6.71. The van der Waals surface area contributed by atoms with Crippen LogP contribution < -0.4 is 5.32 Å². The van der Waals surface area contributed by atoms with Crippen molar-refractivity contribution in [2.75, 3.05) is 6.54 Å². The van der Waals surface area contributed by atoms with Crippen LogP contribution in [0, 0.1) is 6.92 Å². The van der Waals surface area contributed by atoms with Crippen molar-refractivity contribution in [2.45, 2.75) is 45.3 Å². The molecule has 3 rings (SSSR count). The summed E-state index contributed by atoms with van der Waals surface area (Å²) in [5.74, 6) is 0.131. The van der Waals surface area contributed by atoms with Crippen LogP contribution in [0.5, 0.6) is 0 Å². The normalized spacial score (nSPS) is 18.5. The molecule has 128 valence electrons. The highest BCUT2D eigenvalue weighted by molar-refractivity contribution is 5.81. The van der Waals surface area contributed by atoms with Gasteiger partial charge < -0.3 is 5.32 Å². The van der Waals surface area contributed by atoms with Gasteiger partial charge in [-0.3, -0.25) is 14.4 Å². The van der Waals surface area contributed by atoms with Crippen LogP contribution in [0.25, 0.3) is 0 Å². The number of likely N-dealkylation sites (tertiary alicyclic amines) is 1. The van der Waals surface area contributed by atoms with Gasteiger partial charge in [0.05, 0.1) is 12.2 Å². The Morgan fingerprint density at radius 1 is 1.33 bits per heavy atom. The van der Waals surface area contributed by atoms with Crippen LogP contribution in [0.15, 0.2) is 36.7 Å². The molecule has 5 nitrogen and oxygen atoms in total. The van der Waals surface area contributed by atoms with Crippen LogP contribution in [0.2, 0.25) is 0 Å². The zero-order valence-corrected chi connectivity index (χ0v) is 14.5. The maximum absolute atomic E-state index is 12.7. The molecule has 0 bridgehead atoms. The average Bonchev–Trinajstić information content (AvgIpc) is 2.99. The lowest BCUT2D eigenvalue weighted by Gasteiger charge is -2.34. The lowest BCUT2D eigenvalue weighted by Crippen LogP contribution is -2.48. The first-order chi connectivity index (χ1) is 11.6. The summed E-state index contributed by atoms with van der Waals surface area (Å²) in [5, 5.41) is 7.22. The average molecular weight is 326 g/mol. The van der Waals surface area contributed by atoms with Crippen molar-refractivity contribution in [3.63, 3.8) is 0 Å². The molecular weight excluding hydrogens is 300 g/mol. The van der Waals surface area contributed by atoms with Gasteiger partial charge in [-0.05, 0) is 31.9 Å². The molecule has 0 aliphatic carbocycles. The summed E-state index contributed by atoms with van der Waals surface area (Å²) in [4.78, 5) is 15.0. The molecule has 2 heterocycles. The Morgan fingerprint density at radius 3 is 2.96 bits per heavy atom. The van der Waals surface area contributed by atoms with Gasteiger partial charge in [0.1, 0.15) is 0 Å². The van der Waals surface area contributed by atoms with Gasteiger partial charge in [0.25, 0.3) is 0 Å². The van der Waals surface area contributed by atoms with Crippen LogP contribution in [-0.4, -0.2) is 33.2 Å². The fourth-order valence-corrected chi connectivity index (χ4v) is 3.39. The number of aryl methyl sites for hydroxylation is 2. The van der Waals surface area contributed by atoms with Crippen LogP contribution in [0.4, 0.5) is 0 Å². The van der Waals surface area contributed by atoms with Gasteiger partial charge in [-0.1, -0.05) is 36.2 Å². The zero-order chi connectivity index (χ0) is 16.9. The van der Waals surface area contributed by atoms with Crippen molar-refractivity contribution in [3.8, 4) is 0 Å². The first-order valence-corrected chi connectivity index (χ1v) is 8.66. The van der Waals surface area contributed by atoms with Gasteiger partial charge in [-0.25, -0.2) is 0 Å². The third kappa shape index (κ3) is 4.23. The van der Waals surface area contributed by atoms with E-state index in [1.165, 1.54) is 11.1 Å². The summed E-state index contributed by atoms with van der Waals surface area (Å²) >= 11 is 0. The predicted molar refractivity (Wildman–Crippen MR) is 94.3 cm³/mol. The molecule has 1 N–H and O–H groups in total. The van der Waals surface area contributed by atoms with E-state index in [4.69, 9.17) is 0 Å². The predicted octanol–water partition coefficient (Wildman–Crippen LogP) is 2.40. The Kier molecular flexibility index (Phi) is 5.30. The maximum Gasteiger partial charge on any atom is 0.237 e. The minimum Gasteiger partial charge on any atom is -0.351 e. The molecule has 0 saturated carbocycles. The molecule has 24 heavy (non-hydrogen) atoms. The summed E-state index contributed by atoms with van der Waals surface area (Å²) in [6.45, 7) is 4.48. The molecule has 0 unspecified atom stereocenters. The van der Waals surface area contributed by atoms with Crippen molar-refractivity contribution >= 4 is 5.91 Å². The number of carbonyl (C=O) groups excluding carboxylic acids is 1. The molecule has 1 fully saturated rings. The molecule has 1 amide bonds. The van der Waals surface area contributed by atoms with Gasteiger partial charge in [-0.15, -0.1) is 0 Å². The number of nitrogens with zero attached hydrogens (tertiary/aromatic N) is 3. The van der Waals surface area contributed by atoms with Crippen molar-refractivity contribution in [3.05, 3.63) is 53.3 Å². The number of aromatic nitrogens is 2. The fraction of sp³-hybridized carbons (Fsp3) is 0.474. The monoisotopic (exact) mass is 326 g/mol. The lowest BCUT2D eigenvalue weighted by atomic mass is 10.00. The number of carbonyl (C=O) groups is 1. The first kappa shape index (κ1) is 16.7. The summed E-state index contributed by atoms with van der Waals surface area (Å²) in [6.07, 6.45) is 6.95. The standard InChI is InChI=1S/C19H26N4O/c1-15-6-5-7-16(10-15)14-23-9-4-3-8-18(23)19(24)20-11-17-12-21-22(2)13-17/h5-7,10,12-13,18H,3-4,8-9,11,14H2,1-2H3,(H,20,24)/t18-/m0/s1. The van der Waals surface area contributed by atoms with Gasteiger partial charge in [-0.2, -0.15) is 5.10 Å². The Morgan fingerprint density at radius 2 is 2.21 bits per heavy atom. The van der Waals surface area contributed by atoms with Gasteiger partial charge in [0, 0.05) is 31.9 Å². The summed E-state index contributed by atoms with van der Waals surface area (Å²) in [6, 6.07) is 8.52. The van der Waals surface area contributed by atoms with Crippen molar-refractivity contribution in [2.24, 2.45) is 7.05 Å². The number of amides is 1. The second kappa shape index (κ2) is 7.62. The zero-order valence-electron chi connectivity index (χ0n) is 14.5. The molecule has 1 aromatic heterocycles. The van der Waals surface area contributed by atoms with Gasteiger partial charge in [0.15, 0.2) is 0 Å². The molecule has 0 spiro atoms. The van der Waals surface area contributed by atoms with E-state index in [9.17, 15) is 4.79 Å². The minimum absolute atomic E-state index is 0.0315. The topological polar surface area (TPSA) is 50.2 Å². The highest BCUT2D eigenvalue weighted by Gasteiger charge is 2.28. The van der Waals surface area contributed by atoms with E-state index in [1.54, 1.807) is 10.9 Å². The van der Waals surface area contributed by atoms with Gasteiger partial charge in [0.2, 0.25) is 5.91 Å². The van der Waals surface area contributed by atoms with Crippen molar-refractivity contribution in [1.29, 1.82) is 0 Å². The van der Waals surface area contributed by atoms with Crippen molar-refractivity contribution < 1.29 is 4.79 Å². The molecule has 1 aromatic carbocycles. The molecule has 1 saturated heterocycles. The highest BCUT2D eigenvalue weighted by Crippen LogP contribution is 2.20. The van der Waals surface area contributed by atoms with E-state index in [0.717, 1.165) is 37.9 Å². The maximum atomic E-state index is 12.7. The molecule has 2 aromatic rings. The molecule has 1 aliphatic rings. The molecule has 1 atom stereocenters. The number of benzene rings is 1. The second-order valence-electron chi connectivity index (χ2n) is 6.71. The molecule has 0 radical (unpaired) electrons. The smallest absolute Gasteiger partial charge is 0.237 e. The van der Waals surface area contributed by atoms with Crippen LogP contribution >= 0.6 is 0 Å². The van der Waals surface area contributed by atoms with Crippen LogP contribution in [0.1, 0.15) is 36.0 Å². The summed E-state index contributed by atoms with van der Waals surface area (Å²) < 4.78 is 1.76. The van der Waals surface area contributed by atoms with E-state index in [2.05, 4.69) is 46.5 Å². The van der Waals surface area contributed by atoms with E-state index in [1.807, 2.05) is 13.2 Å². The van der Waals surface area contributed by atoms with Crippen molar-refractivity contribution in [1.82, 2.24) is 20.0 Å². The lowest BCUT2D eigenvalue weighted by molar-refractivity contribution is -0.128. The quantitative estimate of drug-likeness (QED) is 0.918. The van der Waals surface area contributed by atoms with E-state index < -0.39 is 0 Å². The minimum atomic E-state index is -0.0315. The number of nitrogens with one attached hydrogen (secondary N) is 1. The van der Waals surface area contributed by atoms with E-state index in [0.29, 0.717) is 6.54 Å². The number of hydrogen-bond donors (Lipinski definition) is 1. The van der Waals surface area contributed by atoms with E-state index in [-0.39, 0.29) is 11.9 Å². The fourth-order valence-electron chi connectivity index (χ4n) is 3.39. The Labute approximate surface area is 143 Å². The molecule has 5 heteroatoms. The number of rotatable bonds is 5. The van der Waals surface area contributed by atoms with Crippen LogP contribution in [0.3, 0.4) is 0 Å². The Hall–Kier alpha value is -2.14. The largest absolute Gasteiger partial charge is 0.351 e. The van der Waals surface area contributed by atoms with Gasteiger partial charge >= 0.3 is 0 Å². The summed E-state index contributed by atoms with van der Waals surface area (Å²) in [7, 11) is 1.88. The van der Waals surface area contributed by atoms with E-state index >= 15 is 0 Å². The number of piperidine rings is 1. The SMILES string of the molecule is Cc1cccc(CN2CCCC[C@H]2C(=O)NCc2cnn(C)c2)c1. The summed E-state index contributed by atoms with van der Waals surface area (Å²) in [5.41, 5.74) is 3.58. The molecular formula is C19H26N4O. The molecule has 1 aliphatic heterocycles. The Balaban J connectivity index is 1.61. The van der Waals surface area contributed by atoms with Crippen LogP contribution in [-0.2, 0) is 24.9 Å². The third-order valence-corrected chi connectivity index (χ3v) is 4.61.